The smallest absolute Gasteiger partial charge is 0.264 e. The van der Waals surface area contributed by atoms with Crippen LogP contribution >= 0.6 is 23.4 Å². The van der Waals surface area contributed by atoms with Crippen LogP contribution in [0.2, 0.25) is 5.02 Å². The van der Waals surface area contributed by atoms with E-state index in [4.69, 9.17) is 32.5 Å². The predicted octanol–water partition coefficient (Wildman–Crippen LogP) is 2.56. The van der Waals surface area contributed by atoms with Crippen molar-refractivity contribution in [3.8, 4) is 0 Å². The number of hydrogen-bond donors (Lipinski definition) is 6. The topological polar surface area (TPSA) is 253 Å². The maximum atomic E-state index is 13.2. The van der Waals surface area contributed by atoms with Gasteiger partial charge in [0.1, 0.15) is 16.9 Å². The van der Waals surface area contributed by atoms with Crippen molar-refractivity contribution in [2.24, 2.45) is 11.1 Å². The van der Waals surface area contributed by atoms with E-state index in [1.807, 2.05) is 6.92 Å². The third-order valence-electron chi connectivity index (χ3n) is 11.3. The first kappa shape index (κ1) is 42.8. The molecule has 4 aliphatic rings. The third kappa shape index (κ3) is 9.19. The molecule has 7 rings (SSSR count). The number of nitrogens with one attached hydrogen (secondary N) is 4. The summed E-state index contributed by atoms with van der Waals surface area (Å²) in [7, 11) is 0. The Morgan fingerprint density at radius 1 is 1.03 bits per heavy atom. The lowest BCUT2D eigenvalue weighted by Gasteiger charge is -2.41. The number of halogens is 1. The van der Waals surface area contributed by atoms with Gasteiger partial charge in [-0.05, 0) is 50.5 Å². The molecule has 318 valence electrons. The van der Waals surface area contributed by atoms with Crippen LogP contribution in [-0.4, -0.2) is 114 Å². The summed E-state index contributed by atoms with van der Waals surface area (Å²) in [5.41, 5.74) is 13.9. The van der Waals surface area contributed by atoms with Crippen LogP contribution in [-0.2, 0) is 28.7 Å². The Labute approximate surface area is 355 Å². The Bertz CT molecular complexity index is 2190. The van der Waals surface area contributed by atoms with E-state index < -0.39 is 35.6 Å². The molecule has 0 aliphatic carbocycles. The number of amides is 6. The molecule has 3 unspecified atom stereocenters. The van der Waals surface area contributed by atoms with Crippen LogP contribution in [0, 0.1) is 5.41 Å². The zero-order chi connectivity index (χ0) is 42.6. The normalized spacial score (nSPS) is 20.9. The Morgan fingerprint density at radius 2 is 1.77 bits per heavy atom. The highest BCUT2D eigenvalue weighted by atomic mass is 35.5. The van der Waals surface area contributed by atoms with Gasteiger partial charge < -0.3 is 41.8 Å². The van der Waals surface area contributed by atoms with Gasteiger partial charge in [-0.1, -0.05) is 35.5 Å². The summed E-state index contributed by atoms with van der Waals surface area (Å²) in [4.78, 5) is 88.3. The molecule has 1 aromatic heterocycles. The van der Waals surface area contributed by atoms with Crippen molar-refractivity contribution in [1.82, 2.24) is 25.5 Å². The Balaban J connectivity index is 0.799. The van der Waals surface area contributed by atoms with E-state index in [1.165, 1.54) is 17.8 Å². The average Bonchev–Trinajstić information content (AvgIpc) is 3.65. The Kier molecular flexibility index (Phi) is 13.2. The van der Waals surface area contributed by atoms with E-state index in [1.54, 1.807) is 36.5 Å². The summed E-state index contributed by atoms with van der Waals surface area (Å²) in [5, 5.41) is 11.5. The maximum Gasteiger partial charge on any atom is 0.264 e. The highest BCUT2D eigenvalue weighted by Gasteiger charge is 2.48. The number of carbonyl (C=O) groups excluding carboxylic acids is 6. The second-order valence-corrected chi connectivity index (χ2v) is 16.6. The predicted molar refractivity (Wildman–Crippen MR) is 223 cm³/mol. The minimum Gasteiger partial charge on any atom is -0.382 e. The molecular weight excluding hydrogens is 816 g/mol. The standard InChI is InChI=1S/C40H47ClN10O8S/c1-22-34(42)40(21-59-22)12-16-50(17-13-40)28-20-46-37(35(43)48-28)60-27-7-3-6-25(33(27)41)47-30(53)11-10-29(52)45-15-19-58-18-14-44-24-5-2-4-23-32(24)39(57)51(38(23)56)26-8-9-31(54)49-36(26)55/h2-7,20,22,26,34,44H,8-19,21,42H2,1H3,(H2,43,48)(H,45,52)(H,47,53)(H,49,54,55). The summed E-state index contributed by atoms with van der Waals surface area (Å²) in [6, 6.07) is 8.95. The molecule has 60 heavy (non-hydrogen) atoms. The van der Waals surface area contributed by atoms with Gasteiger partial charge >= 0.3 is 0 Å². The van der Waals surface area contributed by atoms with Crippen LogP contribution in [0.15, 0.2) is 52.5 Å². The number of benzene rings is 2. The van der Waals surface area contributed by atoms with Crippen LogP contribution < -0.4 is 37.6 Å². The fourth-order valence-corrected chi connectivity index (χ4v) is 8.97. The largest absolute Gasteiger partial charge is 0.382 e. The number of ether oxygens (including phenoxy) is 2. The first-order chi connectivity index (χ1) is 28.8. The molecule has 8 N–H and O–H groups in total. The minimum absolute atomic E-state index is 0.0107. The summed E-state index contributed by atoms with van der Waals surface area (Å²) >= 11 is 7.92. The van der Waals surface area contributed by atoms with Crippen molar-refractivity contribution in [3.63, 3.8) is 0 Å². The van der Waals surface area contributed by atoms with E-state index in [9.17, 15) is 28.8 Å². The van der Waals surface area contributed by atoms with Crippen molar-refractivity contribution >= 4 is 81.8 Å². The van der Waals surface area contributed by atoms with Crippen LogP contribution in [0.3, 0.4) is 0 Å². The summed E-state index contributed by atoms with van der Waals surface area (Å²) in [5.74, 6) is -2.09. The first-order valence-corrected chi connectivity index (χ1v) is 21.0. The lowest BCUT2D eigenvalue weighted by molar-refractivity contribution is -0.136. The fourth-order valence-electron chi connectivity index (χ4n) is 7.87. The average molecular weight is 863 g/mol. The van der Waals surface area contributed by atoms with Gasteiger partial charge in [0, 0.05) is 67.5 Å². The van der Waals surface area contributed by atoms with Crippen LogP contribution in [0.5, 0.6) is 0 Å². The summed E-state index contributed by atoms with van der Waals surface area (Å²) in [6.07, 6.45) is 3.52. The van der Waals surface area contributed by atoms with E-state index >= 15 is 0 Å². The first-order valence-electron chi connectivity index (χ1n) is 19.8. The van der Waals surface area contributed by atoms with Crippen LogP contribution in [0.4, 0.5) is 23.0 Å². The number of nitrogens with two attached hydrogens (primary N) is 2. The molecule has 2 aromatic carbocycles. The van der Waals surface area contributed by atoms with Crippen molar-refractivity contribution in [2.75, 3.05) is 67.3 Å². The van der Waals surface area contributed by atoms with Crippen LogP contribution in [0.25, 0.3) is 0 Å². The molecule has 18 nitrogen and oxygen atoms in total. The quantitative estimate of drug-likeness (QED) is 0.0949. The molecular formula is C40H47ClN10O8S. The second kappa shape index (κ2) is 18.5. The lowest BCUT2D eigenvalue weighted by atomic mass is 9.73. The molecule has 0 radical (unpaired) electrons. The number of imide groups is 2. The van der Waals surface area contributed by atoms with E-state index in [2.05, 4.69) is 36.1 Å². The van der Waals surface area contributed by atoms with Gasteiger partial charge in [0.05, 0.1) is 54.0 Å². The highest BCUT2D eigenvalue weighted by molar-refractivity contribution is 7.99. The van der Waals surface area contributed by atoms with Gasteiger partial charge in [0.25, 0.3) is 11.8 Å². The Hall–Kier alpha value is -5.34. The van der Waals surface area contributed by atoms with Gasteiger partial charge in [0.15, 0.2) is 5.82 Å². The van der Waals surface area contributed by atoms with Crippen molar-refractivity contribution in [1.29, 1.82) is 0 Å². The highest BCUT2D eigenvalue weighted by Crippen LogP contribution is 2.43. The lowest BCUT2D eigenvalue weighted by Crippen LogP contribution is -2.54. The molecule has 3 aromatic rings. The molecule has 6 amide bonds. The maximum absolute atomic E-state index is 13.2. The molecule has 3 saturated heterocycles. The molecule has 0 bridgehead atoms. The number of anilines is 4. The number of hydrogen-bond acceptors (Lipinski definition) is 15. The minimum atomic E-state index is -1.06. The van der Waals surface area contributed by atoms with Crippen molar-refractivity contribution < 1.29 is 38.2 Å². The molecule has 0 saturated carbocycles. The Morgan fingerprint density at radius 3 is 2.50 bits per heavy atom. The number of aromatic nitrogens is 2. The van der Waals surface area contributed by atoms with Crippen LogP contribution in [0.1, 0.15) is 66.2 Å². The second-order valence-electron chi connectivity index (χ2n) is 15.1. The SMILES string of the molecule is CC1OCC2(CCN(c3cnc(Sc4cccc(NC(=O)CCC(=O)NCCOCCNc5cccc6c5C(=O)N(C5CCC(=O)NC5=O)C6=O)c4Cl)c(N)n3)CC2)C1N. The molecule has 20 heteroatoms. The molecule has 1 spiro atoms. The monoisotopic (exact) mass is 862 g/mol. The molecule has 5 heterocycles. The van der Waals surface area contributed by atoms with E-state index in [0.29, 0.717) is 38.7 Å². The van der Waals surface area contributed by atoms with Gasteiger partial charge in [-0.2, -0.15) is 0 Å². The van der Waals surface area contributed by atoms with E-state index in [0.717, 1.165) is 30.8 Å². The zero-order valence-corrected chi connectivity index (χ0v) is 34.5. The summed E-state index contributed by atoms with van der Waals surface area (Å²) < 4.78 is 11.4. The molecule has 3 atom stereocenters. The number of carbonyl (C=O) groups is 6. The summed E-state index contributed by atoms with van der Waals surface area (Å²) in [6.45, 7) is 5.15. The van der Waals surface area contributed by atoms with Gasteiger partial charge in [-0.25, -0.2) is 9.97 Å². The number of rotatable bonds is 15. The van der Waals surface area contributed by atoms with Gasteiger partial charge in [-0.15, -0.1) is 0 Å². The van der Waals surface area contributed by atoms with Gasteiger partial charge in [0.2, 0.25) is 23.6 Å². The van der Waals surface area contributed by atoms with Crippen molar-refractivity contribution in [2.45, 2.75) is 73.6 Å². The molecule has 3 fully saturated rings. The fraction of sp³-hybridized carbons (Fsp3) is 0.450. The van der Waals surface area contributed by atoms with E-state index in [-0.39, 0.29) is 92.4 Å². The molecule has 4 aliphatic heterocycles. The number of nitrogen functional groups attached to an aromatic ring is 1. The number of fused-ring (bicyclic) bond motifs is 1. The van der Waals surface area contributed by atoms with Gasteiger partial charge in [-0.3, -0.25) is 39.0 Å². The third-order valence-corrected chi connectivity index (χ3v) is 12.9. The van der Waals surface area contributed by atoms with Crippen molar-refractivity contribution in [3.05, 3.63) is 58.7 Å². The number of piperidine rings is 2. The number of nitrogens with zero attached hydrogens (tertiary/aromatic N) is 4. The zero-order valence-electron chi connectivity index (χ0n) is 33.0.